The first-order valence-corrected chi connectivity index (χ1v) is 8.26. The van der Waals surface area contributed by atoms with Crippen molar-refractivity contribution in [1.29, 1.82) is 0 Å². The van der Waals surface area contributed by atoms with Crippen molar-refractivity contribution in [1.82, 2.24) is 9.55 Å². The quantitative estimate of drug-likeness (QED) is 0.702. The van der Waals surface area contributed by atoms with Gasteiger partial charge in [0.05, 0.1) is 11.0 Å². The van der Waals surface area contributed by atoms with Crippen LogP contribution in [-0.4, -0.2) is 9.55 Å². The minimum Gasteiger partial charge on any atom is -0.331 e. The van der Waals surface area contributed by atoms with E-state index in [0.29, 0.717) is 17.9 Å². The standard InChI is InChI=1S/C16H21ClN2S/c1-10(2)12-5-3-4-6-14(12)19-15-8-7-11(17)9-13(15)18-16(19)20/h7-10,12,14H,3-6H2,1-2H3,(H,18,20). The summed E-state index contributed by atoms with van der Waals surface area (Å²) in [5.74, 6) is 1.41. The van der Waals surface area contributed by atoms with Crippen molar-refractivity contribution >= 4 is 34.9 Å². The highest BCUT2D eigenvalue weighted by Crippen LogP contribution is 2.40. The van der Waals surface area contributed by atoms with E-state index in [1.807, 2.05) is 12.1 Å². The Kier molecular flexibility index (Phi) is 3.91. The van der Waals surface area contributed by atoms with Crippen LogP contribution in [0.5, 0.6) is 0 Å². The van der Waals surface area contributed by atoms with Crippen LogP contribution in [0.3, 0.4) is 0 Å². The summed E-state index contributed by atoms with van der Waals surface area (Å²) in [6.45, 7) is 4.66. The maximum absolute atomic E-state index is 6.08. The van der Waals surface area contributed by atoms with Crippen molar-refractivity contribution in [3.63, 3.8) is 0 Å². The van der Waals surface area contributed by atoms with Crippen molar-refractivity contribution in [3.8, 4) is 0 Å². The third kappa shape index (κ3) is 2.42. The van der Waals surface area contributed by atoms with Crippen LogP contribution in [0.4, 0.5) is 0 Å². The summed E-state index contributed by atoms with van der Waals surface area (Å²) in [6.07, 6.45) is 5.19. The molecule has 1 saturated carbocycles. The first-order chi connectivity index (χ1) is 9.58. The SMILES string of the molecule is CC(C)C1CCCCC1n1c(=S)[nH]c2cc(Cl)ccc21. The molecular formula is C16H21ClN2S. The van der Waals surface area contributed by atoms with Gasteiger partial charge in [-0.3, -0.25) is 0 Å². The van der Waals surface area contributed by atoms with Crippen molar-refractivity contribution in [2.24, 2.45) is 11.8 Å². The summed E-state index contributed by atoms with van der Waals surface area (Å²) in [6, 6.07) is 6.54. The van der Waals surface area contributed by atoms with Crippen molar-refractivity contribution in [3.05, 3.63) is 28.0 Å². The molecule has 0 amide bonds. The van der Waals surface area contributed by atoms with Gasteiger partial charge in [0.25, 0.3) is 0 Å². The van der Waals surface area contributed by atoms with Crippen LogP contribution in [0.15, 0.2) is 18.2 Å². The number of hydrogen-bond acceptors (Lipinski definition) is 1. The molecule has 2 aromatic rings. The predicted molar refractivity (Wildman–Crippen MR) is 88.0 cm³/mol. The summed E-state index contributed by atoms with van der Waals surface area (Å²) >= 11 is 11.7. The number of H-pyrrole nitrogens is 1. The highest BCUT2D eigenvalue weighted by molar-refractivity contribution is 7.71. The molecule has 2 unspecified atom stereocenters. The van der Waals surface area contributed by atoms with Gasteiger partial charge in [-0.1, -0.05) is 38.3 Å². The number of hydrogen-bond donors (Lipinski definition) is 1. The number of nitrogens with zero attached hydrogens (tertiary/aromatic N) is 1. The number of aromatic nitrogens is 2. The van der Waals surface area contributed by atoms with Gasteiger partial charge >= 0.3 is 0 Å². The minimum atomic E-state index is 0.520. The van der Waals surface area contributed by atoms with E-state index < -0.39 is 0 Å². The van der Waals surface area contributed by atoms with Gasteiger partial charge in [0.2, 0.25) is 0 Å². The lowest BCUT2D eigenvalue weighted by Crippen LogP contribution is -2.27. The molecule has 1 aromatic carbocycles. The molecule has 0 radical (unpaired) electrons. The second-order valence-corrected chi connectivity index (χ2v) is 7.04. The zero-order chi connectivity index (χ0) is 14.3. The third-order valence-electron chi connectivity index (χ3n) is 4.65. The van der Waals surface area contributed by atoms with E-state index in [4.69, 9.17) is 23.8 Å². The van der Waals surface area contributed by atoms with E-state index in [1.165, 1.54) is 31.2 Å². The van der Waals surface area contributed by atoms with Crippen LogP contribution in [0.25, 0.3) is 11.0 Å². The van der Waals surface area contributed by atoms with Gasteiger partial charge < -0.3 is 9.55 Å². The summed E-state index contributed by atoms with van der Waals surface area (Å²) in [7, 11) is 0. The average Bonchev–Trinajstić information content (AvgIpc) is 2.73. The van der Waals surface area contributed by atoms with Crippen molar-refractivity contribution < 1.29 is 0 Å². The molecule has 0 bridgehead atoms. The van der Waals surface area contributed by atoms with Crippen LogP contribution >= 0.6 is 23.8 Å². The first-order valence-electron chi connectivity index (χ1n) is 7.47. The first kappa shape index (κ1) is 14.2. The molecule has 4 heteroatoms. The van der Waals surface area contributed by atoms with Gasteiger partial charge in [0, 0.05) is 11.1 Å². The molecule has 2 nitrogen and oxygen atoms in total. The number of benzene rings is 1. The Morgan fingerprint density at radius 3 is 2.80 bits per heavy atom. The number of rotatable bonds is 2. The largest absolute Gasteiger partial charge is 0.331 e. The summed E-state index contributed by atoms with van der Waals surface area (Å²) < 4.78 is 3.17. The predicted octanol–water partition coefficient (Wildman–Crippen LogP) is 5.74. The molecule has 2 atom stereocenters. The van der Waals surface area contributed by atoms with Gasteiger partial charge in [-0.25, -0.2) is 0 Å². The van der Waals surface area contributed by atoms with Crippen molar-refractivity contribution in [2.75, 3.05) is 0 Å². The molecular weight excluding hydrogens is 288 g/mol. The van der Waals surface area contributed by atoms with E-state index in [0.717, 1.165) is 15.3 Å². The lowest BCUT2D eigenvalue weighted by atomic mass is 9.77. The maximum atomic E-state index is 6.08. The smallest absolute Gasteiger partial charge is 0.178 e. The van der Waals surface area contributed by atoms with Crippen LogP contribution in [0.1, 0.15) is 45.6 Å². The molecule has 108 valence electrons. The molecule has 1 fully saturated rings. The number of imidazole rings is 1. The third-order valence-corrected chi connectivity index (χ3v) is 5.18. The average molecular weight is 309 g/mol. The second-order valence-electron chi connectivity index (χ2n) is 6.22. The Morgan fingerprint density at radius 2 is 2.05 bits per heavy atom. The van der Waals surface area contributed by atoms with Gasteiger partial charge in [-0.05, 0) is 55.1 Å². The minimum absolute atomic E-state index is 0.520. The fourth-order valence-electron chi connectivity index (χ4n) is 3.67. The van der Waals surface area contributed by atoms with Crippen LogP contribution in [0.2, 0.25) is 5.02 Å². The van der Waals surface area contributed by atoms with Crippen LogP contribution in [0, 0.1) is 16.6 Å². The molecule has 1 aromatic heterocycles. The molecule has 0 saturated heterocycles. The Hall–Kier alpha value is -0.800. The van der Waals surface area contributed by atoms with Gasteiger partial charge in [0.1, 0.15) is 0 Å². The fraction of sp³-hybridized carbons (Fsp3) is 0.562. The number of nitrogens with one attached hydrogen (secondary N) is 1. The molecule has 1 aliphatic rings. The molecule has 3 rings (SSSR count). The van der Waals surface area contributed by atoms with Gasteiger partial charge in [-0.2, -0.15) is 0 Å². The normalized spacial score (nSPS) is 23.6. The van der Waals surface area contributed by atoms with Gasteiger partial charge in [-0.15, -0.1) is 0 Å². The topological polar surface area (TPSA) is 20.7 Å². The van der Waals surface area contributed by atoms with E-state index in [9.17, 15) is 0 Å². The highest BCUT2D eigenvalue weighted by atomic mass is 35.5. The second kappa shape index (κ2) is 5.53. The molecule has 0 spiro atoms. The van der Waals surface area contributed by atoms with Gasteiger partial charge in [0.15, 0.2) is 4.77 Å². The molecule has 1 heterocycles. The maximum Gasteiger partial charge on any atom is 0.178 e. The number of aromatic amines is 1. The summed E-state index contributed by atoms with van der Waals surface area (Å²) in [5, 5.41) is 0.755. The lowest BCUT2D eigenvalue weighted by molar-refractivity contribution is 0.186. The Morgan fingerprint density at radius 1 is 1.30 bits per heavy atom. The molecule has 1 N–H and O–H groups in total. The fourth-order valence-corrected chi connectivity index (χ4v) is 4.19. The zero-order valence-corrected chi connectivity index (χ0v) is 13.6. The molecule has 0 aliphatic heterocycles. The number of fused-ring (bicyclic) bond motifs is 1. The van der Waals surface area contributed by atoms with Crippen LogP contribution in [-0.2, 0) is 0 Å². The summed E-state index contributed by atoms with van der Waals surface area (Å²) in [4.78, 5) is 3.32. The lowest BCUT2D eigenvalue weighted by Gasteiger charge is -2.35. The Bertz CT molecular complexity index is 671. The van der Waals surface area contributed by atoms with E-state index in [-0.39, 0.29) is 0 Å². The number of halogens is 1. The highest BCUT2D eigenvalue weighted by Gasteiger charge is 2.30. The van der Waals surface area contributed by atoms with Crippen LogP contribution < -0.4 is 0 Å². The monoisotopic (exact) mass is 308 g/mol. The Labute approximate surface area is 130 Å². The summed E-state index contributed by atoms with van der Waals surface area (Å²) in [5.41, 5.74) is 2.24. The van der Waals surface area contributed by atoms with E-state index in [1.54, 1.807) is 0 Å². The molecule has 1 aliphatic carbocycles. The van der Waals surface area contributed by atoms with E-state index >= 15 is 0 Å². The molecule has 20 heavy (non-hydrogen) atoms. The zero-order valence-electron chi connectivity index (χ0n) is 12.0. The van der Waals surface area contributed by atoms with Crippen molar-refractivity contribution in [2.45, 2.75) is 45.6 Å². The Balaban J connectivity index is 2.12. The van der Waals surface area contributed by atoms with E-state index in [2.05, 4.69) is 29.5 Å².